The summed E-state index contributed by atoms with van der Waals surface area (Å²) in [6.45, 7) is -0.160. The van der Waals surface area contributed by atoms with Crippen molar-refractivity contribution in [2.75, 3.05) is 14.2 Å². The molecule has 1 rings (SSSR count). The normalized spacial score (nSPS) is 9.64. The maximum absolute atomic E-state index is 11.4. The number of rotatable bonds is 3. The fourth-order valence-electron chi connectivity index (χ4n) is 1.17. The van der Waals surface area contributed by atoms with Gasteiger partial charge in [0.2, 0.25) is 0 Å². The molecule has 0 bridgehead atoms. The van der Waals surface area contributed by atoms with Crippen molar-refractivity contribution in [1.82, 2.24) is 5.32 Å². The second-order valence-electron chi connectivity index (χ2n) is 2.76. The van der Waals surface area contributed by atoms with Gasteiger partial charge in [-0.25, -0.2) is 0 Å². The first-order chi connectivity index (χ1) is 6.72. The van der Waals surface area contributed by atoms with Gasteiger partial charge in [0.15, 0.2) is 0 Å². The molecule has 2 N–H and O–H groups in total. The van der Waals surface area contributed by atoms with E-state index in [1.165, 1.54) is 7.11 Å². The summed E-state index contributed by atoms with van der Waals surface area (Å²) in [6, 6.07) is 4.98. The number of amides is 1. The van der Waals surface area contributed by atoms with Gasteiger partial charge < -0.3 is 15.2 Å². The van der Waals surface area contributed by atoms with E-state index in [1.807, 2.05) is 0 Å². The van der Waals surface area contributed by atoms with E-state index in [-0.39, 0.29) is 12.5 Å². The SMILES string of the molecule is CNC(=O)c1cc(OC)ccc1CO. The number of hydrogen-bond acceptors (Lipinski definition) is 3. The molecule has 0 saturated heterocycles. The van der Waals surface area contributed by atoms with Crippen molar-refractivity contribution >= 4 is 5.91 Å². The Hall–Kier alpha value is -1.55. The topological polar surface area (TPSA) is 58.6 Å². The first-order valence-corrected chi connectivity index (χ1v) is 4.22. The fourth-order valence-corrected chi connectivity index (χ4v) is 1.17. The van der Waals surface area contributed by atoms with Crippen molar-refractivity contribution in [3.63, 3.8) is 0 Å². The Labute approximate surface area is 82.5 Å². The summed E-state index contributed by atoms with van der Waals surface area (Å²) in [5.41, 5.74) is 1.03. The van der Waals surface area contributed by atoms with Gasteiger partial charge in [-0.15, -0.1) is 0 Å². The quantitative estimate of drug-likeness (QED) is 0.740. The maximum atomic E-state index is 11.4. The number of nitrogens with one attached hydrogen (secondary N) is 1. The van der Waals surface area contributed by atoms with E-state index in [9.17, 15) is 4.79 Å². The third-order valence-corrected chi connectivity index (χ3v) is 1.96. The minimum Gasteiger partial charge on any atom is -0.497 e. The molecule has 0 heterocycles. The van der Waals surface area contributed by atoms with Crippen molar-refractivity contribution in [2.45, 2.75) is 6.61 Å². The summed E-state index contributed by atoms with van der Waals surface area (Å²) in [5.74, 6) is 0.369. The third-order valence-electron chi connectivity index (χ3n) is 1.96. The number of aliphatic hydroxyl groups excluding tert-OH is 1. The summed E-state index contributed by atoms with van der Waals surface area (Å²) < 4.78 is 4.99. The molecule has 1 aromatic carbocycles. The summed E-state index contributed by atoms with van der Waals surface area (Å²) in [6.07, 6.45) is 0. The van der Waals surface area contributed by atoms with Crippen LogP contribution in [0.15, 0.2) is 18.2 Å². The molecule has 1 aromatic rings. The van der Waals surface area contributed by atoms with E-state index in [0.717, 1.165) is 0 Å². The Bertz CT molecular complexity index is 336. The largest absolute Gasteiger partial charge is 0.497 e. The number of methoxy groups -OCH3 is 1. The number of aliphatic hydroxyl groups is 1. The molecule has 0 unspecified atom stereocenters. The van der Waals surface area contributed by atoms with Gasteiger partial charge in [-0.2, -0.15) is 0 Å². The van der Waals surface area contributed by atoms with Crippen LogP contribution < -0.4 is 10.1 Å². The molecular formula is C10H13NO3. The molecule has 0 saturated carbocycles. The highest BCUT2D eigenvalue weighted by Gasteiger charge is 2.10. The van der Waals surface area contributed by atoms with Gasteiger partial charge in [0.25, 0.3) is 5.91 Å². The lowest BCUT2D eigenvalue weighted by Crippen LogP contribution is -2.19. The van der Waals surface area contributed by atoms with E-state index in [1.54, 1.807) is 25.2 Å². The van der Waals surface area contributed by atoms with Crippen molar-refractivity contribution in [3.8, 4) is 5.75 Å². The maximum Gasteiger partial charge on any atom is 0.251 e. The third kappa shape index (κ3) is 2.03. The fraction of sp³-hybridized carbons (Fsp3) is 0.300. The zero-order valence-corrected chi connectivity index (χ0v) is 8.20. The van der Waals surface area contributed by atoms with Gasteiger partial charge in [-0.3, -0.25) is 4.79 Å². The van der Waals surface area contributed by atoms with E-state index in [2.05, 4.69) is 5.32 Å². The highest BCUT2D eigenvalue weighted by Crippen LogP contribution is 2.17. The molecule has 0 aliphatic carbocycles. The van der Waals surface area contributed by atoms with Crippen LogP contribution in [0.3, 0.4) is 0 Å². The van der Waals surface area contributed by atoms with Crippen LogP contribution in [0, 0.1) is 0 Å². The molecule has 14 heavy (non-hydrogen) atoms. The molecule has 0 aliphatic rings. The summed E-state index contributed by atoms with van der Waals surface area (Å²) in [5, 5.41) is 11.5. The van der Waals surface area contributed by atoms with Gasteiger partial charge in [-0.1, -0.05) is 6.07 Å². The molecule has 0 atom stereocenters. The zero-order valence-electron chi connectivity index (χ0n) is 8.20. The molecule has 0 radical (unpaired) electrons. The minimum absolute atomic E-state index is 0.160. The van der Waals surface area contributed by atoms with Gasteiger partial charge in [0.05, 0.1) is 13.7 Å². The van der Waals surface area contributed by atoms with Crippen LogP contribution in [0.1, 0.15) is 15.9 Å². The van der Waals surface area contributed by atoms with Crippen molar-refractivity contribution in [1.29, 1.82) is 0 Å². The number of ether oxygens (including phenoxy) is 1. The van der Waals surface area contributed by atoms with Crippen LogP contribution >= 0.6 is 0 Å². The molecular weight excluding hydrogens is 182 g/mol. The summed E-state index contributed by atoms with van der Waals surface area (Å²) in [7, 11) is 3.07. The van der Waals surface area contributed by atoms with E-state index in [0.29, 0.717) is 16.9 Å². The molecule has 0 aromatic heterocycles. The van der Waals surface area contributed by atoms with Crippen LogP contribution in [0.25, 0.3) is 0 Å². The summed E-state index contributed by atoms with van der Waals surface area (Å²) in [4.78, 5) is 11.4. The highest BCUT2D eigenvalue weighted by molar-refractivity contribution is 5.95. The van der Waals surface area contributed by atoms with Gasteiger partial charge in [-0.05, 0) is 17.7 Å². The first-order valence-electron chi connectivity index (χ1n) is 4.22. The number of benzene rings is 1. The van der Waals surface area contributed by atoms with Crippen molar-refractivity contribution in [3.05, 3.63) is 29.3 Å². The van der Waals surface area contributed by atoms with Gasteiger partial charge in [0.1, 0.15) is 5.75 Å². The monoisotopic (exact) mass is 195 g/mol. The predicted octanol–water partition coefficient (Wildman–Crippen LogP) is 0.547. The Morgan fingerprint density at radius 3 is 2.79 bits per heavy atom. The van der Waals surface area contributed by atoms with Crippen LogP contribution in [0.5, 0.6) is 5.75 Å². The van der Waals surface area contributed by atoms with Crippen LogP contribution in [0.2, 0.25) is 0 Å². The molecule has 0 spiro atoms. The van der Waals surface area contributed by atoms with Gasteiger partial charge in [0, 0.05) is 12.6 Å². The summed E-state index contributed by atoms with van der Waals surface area (Å²) >= 11 is 0. The van der Waals surface area contributed by atoms with E-state index < -0.39 is 0 Å². The lowest BCUT2D eigenvalue weighted by molar-refractivity contribution is 0.0959. The molecule has 4 heteroatoms. The molecule has 4 nitrogen and oxygen atoms in total. The number of carbonyl (C=O) groups excluding carboxylic acids is 1. The average molecular weight is 195 g/mol. The Morgan fingerprint density at radius 1 is 1.57 bits per heavy atom. The molecule has 1 amide bonds. The average Bonchev–Trinajstić information content (AvgIpc) is 2.27. The Balaban J connectivity index is 3.14. The van der Waals surface area contributed by atoms with Crippen molar-refractivity contribution < 1.29 is 14.6 Å². The van der Waals surface area contributed by atoms with E-state index in [4.69, 9.17) is 9.84 Å². The standard InChI is InChI=1S/C10H13NO3/c1-11-10(13)9-5-8(14-2)4-3-7(9)6-12/h3-5,12H,6H2,1-2H3,(H,11,13). The predicted molar refractivity (Wildman–Crippen MR) is 52.3 cm³/mol. The van der Waals surface area contributed by atoms with Crippen LogP contribution in [-0.2, 0) is 6.61 Å². The lowest BCUT2D eigenvalue weighted by Gasteiger charge is -2.07. The molecule has 76 valence electrons. The first kappa shape index (κ1) is 10.5. The second kappa shape index (κ2) is 4.62. The van der Waals surface area contributed by atoms with E-state index >= 15 is 0 Å². The van der Waals surface area contributed by atoms with Crippen LogP contribution in [-0.4, -0.2) is 25.2 Å². The van der Waals surface area contributed by atoms with Crippen molar-refractivity contribution in [2.24, 2.45) is 0 Å². The minimum atomic E-state index is -0.229. The molecule has 0 aliphatic heterocycles. The highest BCUT2D eigenvalue weighted by atomic mass is 16.5. The second-order valence-corrected chi connectivity index (χ2v) is 2.76. The van der Waals surface area contributed by atoms with Gasteiger partial charge >= 0.3 is 0 Å². The Morgan fingerprint density at radius 2 is 2.29 bits per heavy atom. The zero-order chi connectivity index (χ0) is 10.6. The van der Waals surface area contributed by atoms with Crippen LogP contribution in [0.4, 0.5) is 0 Å². The molecule has 0 fully saturated rings. The number of carbonyl (C=O) groups is 1. The lowest BCUT2D eigenvalue weighted by atomic mass is 10.1. The smallest absolute Gasteiger partial charge is 0.251 e. The Kier molecular flexibility index (Phi) is 3.48. The number of hydrogen-bond donors (Lipinski definition) is 2.